The smallest absolute Gasteiger partial charge is 0.194 e. The van der Waals surface area contributed by atoms with Gasteiger partial charge < -0.3 is 10.2 Å². The van der Waals surface area contributed by atoms with E-state index in [1.807, 2.05) is 38.1 Å². The minimum atomic E-state index is 0.745. The van der Waals surface area contributed by atoms with Gasteiger partial charge in [-0.2, -0.15) is 5.10 Å². The summed E-state index contributed by atoms with van der Waals surface area (Å²) in [4.78, 5) is 11.3. The molecule has 2 heterocycles. The van der Waals surface area contributed by atoms with E-state index in [1.54, 1.807) is 11.3 Å². The molecule has 2 aromatic rings. The van der Waals surface area contributed by atoms with Gasteiger partial charge in [0.1, 0.15) is 0 Å². The molecule has 0 atom stereocenters. The van der Waals surface area contributed by atoms with Crippen LogP contribution in [0.4, 0.5) is 0 Å². The highest BCUT2D eigenvalue weighted by molar-refractivity contribution is 7.09. The Hall–Kier alpha value is -1.89. The molecule has 2 rings (SSSR count). The highest BCUT2D eigenvalue weighted by atomic mass is 32.1. The summed E-state index contributed by atoms with van der Waals surface area (Å²) in [5.74, 6) is 0.914. The Bertz CT molecular complexity index is 615. The molecule has 7 heteroatoms. The van der Waals surface area contributed by atoms with Gasteiger partial charge in [-0.3, -0.25) is 9.67 Å². The van der Waals surface area contributed by atoms with Crippen molar-refractivity contribution in [1.29, 1.82) is 0 Å². The fourth-order valence-corrected chi connectivity index (χ4v) is 2.76. The monoisotopic (exact) mass is 320 g/mol. The highest BCUT2D eigenvalue weighted by Gasteiger charge is 2.08. The van der Waals surface area contributed by atoms with Gasteiger partial charge >= 0.3 is 0 Å². The van der Waals surface area contributed by atoms with Crippen molar-refractivity contribution in [3.8, 4) is 0 Å². The van der Waals surface area contributed by atoms with E-state index in [4.69, 9.17) is 4.99 Å². The first-order valence-corrected chi connectivity index (χ1v) is 8.34. The van der Waals surface area contributed by atoms with Crippen LogP contribution in [-0.2, 0) is 20.0 Å². The zero-order valence-corrected chi connectivity index (χ0v) is 14.5. The third-order valence-electron chi connectivity index (χ3n) is 3.18. The van der Waals surface area contributed by atoms with Crippen molar-refractivity contribution < 1.29 is 0 Å². The van der Waals surface area contributed by atoms with Crippen LogP contribution >= 0.6 is 11.3 Å². The van der Waals surface area contributed by atoms with Gasteiger partial charge in [0, 0.05) is 38.8 Å². The first kappa shape index (κ1) is 16.5. The van der Waals surface area contributed by atoms with E-state index < -0.39 is 0 Å². The molecule has 0 fully saturated rings. The van der Waals surface area contributed by atoms with Gasteiger partial charge in [0.2, 0.25) is 0 Å². The van der Waals surface area contributed by atoms with Crippen LogP contribution in [0, 0.1) is 6.92 Å². The number of guanidine groups is 1. The van der Waals surface area contributed by atoms with Crippen molar-refractivity contribution in [2.24, 2.45) is 12.0 Å². The second-order valence-corrected chi connectivity index (χ2v) is 6.28. The van der Waals surface area contributed by atoms with Gasteiger partial charge in [0.15, 0.2) is 5.96 Å². The fourth-order valence-electron chi connectivity index (χ4n) is 2.16. The summed E-state index contributed by atoms with van der Waals surface area (Å²) in [5, 5.41) is 10.7. The third kappa shape index (κ3) is 4.84. The minimum Gasteiger partial charge on any atom is -0.357 e. The Kier molecular flexibility index (Phi) is 5.94. The molecule has 0 unspecified atom stereocenters. The van der Waals surface area contributed by atoms with Crippen LogP contribution < -0.4 is 5.32 Å². The van der Waals surface area contributed by atoms with E-state index in [0.717, 1.165) is 42.7 Å². The largest absolute Gasteiger partial charge is 0.357 e. The zero-order valence-electron chi connectivity index (χ0n) is 13.7. The van der Waals surface area contributed by atoms with E-state index in [9.17, 15) is 0 Å². The Morgan fingerprint density at radius 2 is 2.32 bits per heavy atom. The molecule has 0 aliphatic carbocycles. The summed E-state index contributed by atoms with van der Waals surface area (Å²) >= 11 is 1.68. The van der Waals surface area contributed by atoms with Crippen molar-refractivity contribution in [3.05, 3.63) is 34.0 Å². The first-order chi connectivity index (χ1) is 10.6. The average molecular weight is 320 g/mol. The molecule has 0 aromatic carbocycles. The van der Waals surface area contributed by atoms with Crippen molar-refractivity contribution >= 4 is 17.3 Å². The topological polar surface area (TPSA) is 58.3 Å². The van der Waals surface area contributed by atoms with Crippen molar-refractivity contribution in [3.63, 3.8) is 0 Å². The molecule has 0 spiro atoms. The molecular formula is C15H24N6S. The standard InChI is InChI=1S/C15H24N6S/c1-5-16-15(17-7-6-13-8-18-21(4)9-13)20(3)10-14-11-22-12(2)19-14/h8-9,11H,5-7,10H2,1-4H3,(H,16,17). The van der Waals surface area contributed by atoms with Gasteiger partial charge in [-0.05, 0) is 25.8 Å². The van der Waals surface area contributed by atoms with Crippen molar-refractivity contribution in [2.75, 3.05) is 20.1 Å². The van der Waals surface area contributed by atoms with Crippen LogP contribution in [0.1, 0.15) is 23.2 Å². The van der Waals surface area contributed by atoms with E-state index in [2.05, 4.69) is 32.6 Å². The summed E-state index contributed by atoms with van der Waals surface area (Å²) in [7, 11) is 3.97. The number of aliphatic imine (C=N–C) groups is 1. The maximum Gasteiger partial charge on any atom is 0.194 e. The molecule has 0 radical (unpaired) electrons. The lowest BCUT2D eigenvalue weighted by Crippen LogP contribution is -2.38. The number of hydrogen-bond acceptors (Lipinski definition) is 4. The number of thiazole rings is 1. The molecule has 120 valence electrons. The Morgan fingerprint density at radius 3 is 2.91 bits per heavy atom. The molecular weight excluding hydrogens is 296 g/mol. The highest BCUT2D eigenvalue weighted by Crippen LogP contribution is 2.09. The lowest BCUT2D eigenvalue weighted by molar-refractivity contribution is 0.471. The normalized spacial score (nSPS) is 11.7. The maximum absolute atomic E-state index is 4.69. The van der Waals surface area contributed by atoms with E-state index in [-0.39, 0.29) is 0 Å². The van der Waals surface area contributed by atoms with Gasteiger partial charge in [-0.25, -0.2) is 4.98 Å². The molecule has 0 saturated carbocycles. The second kappa shape index (κ2) is 7.93. The predicted molar refractivity (Wildman–Crippen MR) is 91.2 cm³/mol. The van der Waals surface area contributed by atoms with Crippen LogP contribution in [0.3, 0.4) is 0 Å². The Morgan fingerprint density at radius 1 is 1.50 bits per heavy atom. The van der Waals surface area contributed by atoms with Gasteiger partial charge in [0.05, 0.1) is 23.4 Å². The second-order valence-electron chi connectivity index (χ2n) is 5.22. The molecule has 6 nitrogen and oxygen atoms in total. The molecule has 0 bridgehead atoms. The zero-order chi connectivity index (χ0) is 15.9. The summed E-state index contributed by atoms with van der Waals surface area (Å²) < 4.78 is 1.82. The van der Waals surface area contributed by atoms with E-state index >= 15 is 0 Å². The van der Waals surface area contributed by atoms with Crippen LogP contribution in [0.2, 0.25) is 0 Å². The molecule has 2 aromatic heterocycles. The van der Waals surface area contributed by atoms with Crippen LogP contribution in [0.25, 0.3) is 0 Å². The summed E-state index contributed by atoms with van der Waals surface area (Å²) in [6.07, 6.45) is 4.82. The third-order valence-corrected chi connectivity index (χ3v) is 4.00. The van der Waals surface area contributed by atoms with Gasteiger partial charge in [-0.1, -0.05) is 0 Å². The summed E-state index contributed by atoms with van der Waals surface area (Å²) in [6, 6.07) is 0. The van der Waals surface area contributed by atoms with Gasteiger partial charge in [-0.15, -0.1) is 11.3 Å². The number of rotatable bonds is 6. The van der Waals surface area contributed by atoms with Crippen molar-refractivity contribution in [1.82, 2.24) is 25.0 Å². The lowest BCUT2D eigenvalue weighted by atomic mass is 10.2. The number of nitrogens with one attached hydrogen (secondary N) is 1. The molecule has 0 aliphatic rings. The molecule has 0 aliphatic heterocycles. The number of hydrogen-bond donors (Lipinski definition) is 1. The molecule has 0 saturated heterocycles. The number of aryl methyl sites for hydroxylation is 2. The minimum absolute atomic E-state index is 0.745. The molecule has 22 heavy (non-hydrogen) atoms. The van der Waals surface area contributed by atoms with Crippen LogP contribution in [0.15, 0.2) is 22.8 Å². The van der Waals surface area contributed by atoms with Crippen LogP contribution in [-0.4, -0.2) is 45.8 Å². The van der Waals surface area contributed by atoms with E-state index in [1.165, 1.54) is 5.56 Å². The van der Waals surface area contributed by atoms with Gasteiger partial charge in [0.25, 0.3) is 0 Å². The summed E-state index contributed by atoms with van der Waals surface area (Å²) in [5.41, 5.74) is 2.29. The Labute approximate surface area is 135 Å². The van der Waals surface area contributed by atoms with Crippen molar-refractivity contribution in [2.45, 2.75) is 26.8 Å². The Balaban J connectivity index is 1.93. The quantitative estimate of drug-likeness (QED) is 0.651. The molecule has 0 amide bonds. The average Bonchev–Trinajstić information content (AvgIpc) is 3.06. The molecule has 1 N–H and O–H groups in total. The lowest BCUT2D eigenvalue weighted by Gasteiger charge is -2.21. The van der Waals surface area contributed by atoms with Crippen LogP contribution in [0.5, 0.6) is 0 Å². The number of aromatic nitrogens is 3. The van der Waals surface area contributed by atoms with E-state index in [0.29, 0.717) is 0 Å². The first-order valence-electron chi connectivity index (χ1n) is 7.46. The number of nitrogens with zero attached hydrogens (tertiary/aromatic N) is 5. The fraction of sp³-hybridized carbons (Fsp3) is 0.533. The summed E-state index contributed by atoms with van der Waals surface area (Å²) in [6.45, 7) is 6.47. The maximum atomic E-state index is 4.69. The SMILES string of the molecule is CCNC(=NCCc1cnn(C)c1)N(C)Cc1csc(C)n1. The predicted octanol–water partition coefficient (Wildman–Crippen LogP) is 1.83.